The normalized spacial score (nSPS) is 24.3. The molecule has 180 valence electrons. The van der Waals surface area contributed by atoms with Crippen molar-refractivity contribution in [3.8, 4) is 17.2 Å². The van der Waals surface area contributed by atoms with Crippen LogP contribution < -0.4 is 14.2 Å². The Morgan fingerprint density at radius 2 is 1.69 bits per heavy atom. The molecule has 4 atom stereocenters. The zero-order valence-electron chi connectivity index (χ0n) is 19.2. The van der Waals surface area contributed by atoms with Gasteiger partial charge in [0.25, 0.3) is 11.8 Å². The van der Waals surface area contributed by atoms with Crippen LogP contribution in [0.25, 0.3) is 0 Å². The van der Waals surface area contributed by atoms with Crippen LogP contribution in [-0.4, -0.2) is 48.3 Å². The molecule has 2 aliphatic carbocycles. The molecule has 0 spiro atoms. The number of ether oxygens (including phenoxy) is 3. The summed E-state index contributed by atoms with van der Waals surface area (Å²) < 4.78 is 16.9. The maximum atomic E-state index is 12.8. The first-order chi connectivity index (χ1) is 16.9. The SMILES string of the molecule is COc1cc(C=NN2C(=O)[C@@H]3[C@H](C2=O)[C@H]2C=C[C@H]3C2)cc(OC)c1OCc1cccc(C(=O)O)c1. The number of carboxylic acids is 1. The van der Waals surface area contributed by atoms with Gasteiger partial charge in [0.15, 0.2) is 11.5 Å². The van der Waals surface area contributed by atoms with E-state index in [1.165, 1.54) is 32.6 Å². The molecule has 2 aromatic rings. The number of imide groups is 1. The third-order valence-electron chi connectivity index (χ3n) is 6.81. The summed E-state index contributed by atoms with van der Waals surface area (Å²) in [5, 5.41) is 14.4. The zero-order valence-corrected chi connectivity index (χ0v) is 19.2. The van der Waals surface area contributed by atoms with E-state index in [1.54, 1.807) is 24.3 Å². The summed E-state index contributed by atoms with van der Waals surface area (Å²) in [6, 6.07) is 9.76. The summed E-state index contributed by atoms with van der Waals surface area (Å²) in [4.78, 5) is 36.9. The summed E-state index contributed by atoms with van der Waals surface area (Å²) in [5.41, 5.74) is 1.38. The van der Waals surface area contributed by atoms with Gasteiger partial charge >= 0.3 is 5.97 Å². The number of aromatic carboxylic acids is 1. The van der Waals surface area contributed by atoms with E-state index in [0.717, 1.165) is 11.4 Å². The van der Waals surface area contributed by atoms with Crippen LogP contribution in [0.2, 0.25) is 0 Å². The van der Waals surface area contributed by atoms with Gasteiger partial charge in [-0.1, -0.05) is 24.3 Å². The van der Waals surface area contributed by atoms with Crippen LogP contribution in [0, 0.1) is 23.7 Å². The van der Waals surface area contributed by atoms with Crippen LogP contribution in [0.15, 0.2) is 53.7 Å². The predicted molar refractivity (Wildman–Crippen MR) is 124 cm³/mol. The van der Waals surface area contributed by atoms with Gasteiger partial charge in [0, 0.05) is 5.56 Å². The monoisotopic (exact) mass is 476 g/mol. The van der Waals surface area contributed by atoms with Gasteiger partial charge in [-0.2, -0.15) is 10.1 Å². The van der Waals surface area contributed by atoms with Crippen molar-refractivity contribution < 1.29 is 33.7 Å². The molecule has 1 aliphatic heterocycles. The second-order valence-electron chi connectivity index (χ2n) is 8.78. The molecule has 1 saturated heterocycles. The van der Waals surface area contributed by atoms with Crippen LogP contribution in [0.4, 0.5) is 0 Å². The van der Waals surface area contributed by atoms with E-state index < -0.39 is 5.97 Å². The van der Waals surface area contributed by atoms with Gasteiger partial charge in [-0.3, -0.25) is 9.59 Å². The molecule has 0 unspecified atom stereocenters. The Bertz CT molecular complexity index is 1210. The van der Waals surface area contributed by atoms with Crippen molar-refractivity contribution >= 4 is 24.0 Å². The highest BCUT2D eigenvalue weighted by atomic mass is 16.5. The Balaban J connectivity index is 1.35. The summed E-state index contributed by atoms with van der Waals surface area (Å²) in [5.74, 6) is -0.860. The maximum Gasteiger partial charge on any atom is 0.335 e. The van der Waals surface area contributed by atoms with Gasteiger partial charge in [-0.15, -0.1) is 0 Å². The molecule has 0 radical (unpaired) electrons. The number of carboxylic acid groups (broad SMARTS) is 1. The van der Waals surface area contributed by atoms with Crippen molar-refractivity contribution in [2.75, 3.05) is 14.2 Å². The molecular formula is C26H24N2O7. The summed E-state index contributed by atoms with van der Waals surface area (Å²) in [7, 11) is 2.95. The molecule has 1 heterocycles. The summed E-state index contributed by atoms with van der Waals surface area (Å²) >= 11 is 0. The quantitative estimate of drug-likeness (QED) is 0.354. The van der Waals surface area contributed by atoms with Crippen molar-refractivity contribution in [3.63, 3.8) is 0 Å². The number of rotatable bonds is 8. The lowest BCUT2D eigenvalue weighted by Crippen LogP contribution is -2.28. The number of methoxy groups -OCH3 is 2. The number of nitrogens with zero attached hydrogens (tertiary/aromatic N) is 2. The molecule has 1 saturated carbocycles. The van der Waals surface area contributed by atoms with Gasteiger partial charge in [0.2, 0.25) is 5.75 Å². The highest BCUT2D eigenvalue weighted by molar-refractivity contribution is 6.06. The second kappa shape index (κ2) is 8.90. The van der Waals surface area contributed by atoms with Gasteiger partial charge in [0.05, 0.1) is 37.8 Å². The number of amides is 2. The van der Waals surface area contributed by atoms with Gasteiger partial charge in [-0.05, 0) is 48.1 Å². The van der Waals surface area contributed by atoms with E-state index in [2.05, 4.69) is 5.10 Å². The third kappa shape index (κ3) is 3.92. The Hall–Kier alpha value is -4.14. The second-order valence-corrected chi connectivity index (χ2v) is 8.78. The van der Waals surface area contributed by atoms with Crippen LogP contribution in [0.1, 0.15) is 27.9 Å². The van der Waals surface area contributed by atoms with Crippen molar-refractivity contribution in [2.24, 2.45) is 28.8 Å². The number of hydrogen-bond acceptors (Lipinski definition) is 7. The number of benzene rings is 2. The topological polar surface area (TPSA) is 115 Å². The lowest BCUT2D eigenvalue weighted by Gasteiger charge is -2.16. The zero-order chi connectivity index (χ0) is 24.7. The summed E-state index contributed by atoms with van der Waals surface area (Å²) in [6.45, 7) is 0.0944. The lowest BCUT2D eigenvalue weighted by atomic mass is 9.85. The Morgan fingerprint density at radius 1 is 1.06 bits per heavy atom. The Morgan fingerprint density at radius 3 is 2.26 bits per heavy atom. The van der Waals surface area contributed by atoms with Crippen LogP contribution in [0.5, 0.6) is 17.2 Å². The van der Waals surface area contributed by atoms with Crippen molar-refractivity contribution in [1.82, 2.24) is 5.01 Å². The highest BCUT2D eigenvalue weighted by Crippen LogP contribution is 2.52. The van der Waals surface area contributed by atoms with E-state index in [1.807, 2.05) is 12.2 Å². The largest absolute Gasteiger partial charge is 0.493 e. The molecule has 9 nitrogen and oxygen atoms in total. The van der Waals surface area contributed by atoms with Crippen molar-refractivity contribution in [1.29, 1.82) is 0 Å². The standard InChI is InChI=1S/C26H24N2O7/c1-33-19-9-15(12-27-28-24(29)21-16-6-7-17(11-16)22(21)25(28)30)10-20(34-2)23(19)35-13-14-4-3-5-18(8-14)26(31)32/h3-10,12,16-17,21-22H,11,13H2,1-2H3,(H,31,32)/t16-,17-,21-,22+/m0/s1. The number of fused-ring (bicyclic) bond motifs is 5. The molecule has 2 fully saturated rings. The average Bonchev–Trinajstić information content (AvgIpc) is 3.55. The van der Waals surface area contributed by atoms with Gasteiger partial charge < -0.3 is 19.3 Å². The predicted octanol–water partition coefficient (Wildman–Crippen LogP) is 3.12. The first-order valence-electron chi connectivity index (χ1n) is 11.2. The minimum absolute atomic E-state index is 0.0944. The molecule has 2 aromatic carbocycles. The average molecular weight is 476 g/mol. The minimum atomic E-state index is -1.02. The van der Waals surface area contributed by atoms with Crippen LogP contribution >= 0.6 is 0 Å². The summed E-state index contributed by atoms with van der Waals surface area (Å²) in [6.07, 6.45) is 6.37. The van der Waals surface area contributed by atoms with Crippen molar-refractivity contribution in [2.45, 2.75) is 13.0 Å². The molecule has 5 rings (SSSR count). The van der Waals surface area contributed by atoms with E-state index >= 15 is 0 Å². The smallest absolute Gasteiger partial charge is 0.335 e. The minimum Gasteiger partial charge on any atom is -0.493 e. The fraction of sp³-hybridized carbons (Fsp3) is 0.308. The maximum absolute atomic E-state index is 12.8. The van der Waals surface area contributed by atoms with E-state index in [4.69, 9.17) is 14.2 Å². The van der Waals surface area contributed by atoms with Gasteiger partial charge in [0.1, 0.15) is 6.61 Å². The van der Waals surface area contributed by atoms with Crippen LogP contribution in [0.3, 0.4) is 0 Å². The molecule has 2 bridgehead atoms. The third-order valence-corrected chi connectivity index (χ3v) is 6.81. The number of allylic oxidation sites excluding steroid dienone is 2. The van der Waals surface area contributed by atoms with Gasteiger partial charge in [-0.25, -0.2) is 4.79 Å². The lowest BCUT2D eigenvalue weighted by molar-refractivity contribution is -0.140. The highest BCUT2D eigenvalue weighted by Gasteiger charge is 2.59. The fourth-order valence-electron chi connectivity index (χ4n) is 5.19. The van der Waals surface area contributed by atoms with E-state index in [0.29, 0.717) is 28.4 Å². The van der Waals surface area contributed by atoms with Crippen molar-refractivity contribution in [3.05, 3.63) is 65.2 Å². The molecule has 35 heavy (non-hydrogen) atoms. The molecule has 3 aliphatic rings. The fourth-order valence-corrected chi connectivity index (χ4v) is 5.19. The molecule has 0 aromatic heterocycles. The molecule has 9 heteroatoms. The Kier molecular flexibility index (Phi) is 5.76. The first kappa shape index (κ1) is 22.6. The van der Waals surface area contributed by atoms with Crippen LogP contribution in [-0.2, 0) is 16.2 Å². The first-order valence-corrected chi connectivity index (χ1v) is 11.2. The molecular weight excluding hydrogens is 452 g/mol. The molecule has 1 N–H and O–H groups in total. The van der Waals surface area contributed by atoms with E-state index in [9.17, 15) is 19.5 Å². The number of hydrogen-bond donors (Lipinski definition) is 1. The van der Waals surface area contributed by atoms with E-state index in [-0.39, 0.29) is 47.7 Å². The number of carbonyl (C=O) groups excluding carboxylic acids is 2. The molecule has 2 amide bonds. The number of hydrazone groups is 1. The number of carbonyl (C=O) groups is 3. The Labute approximate surface area is 201 Å².